The summed E-state index contributed by atoms with van der Waals surface area (Å²) in [4.78, 5) is 23.2. The number of amides is 1. The molecule has 1 aromatic rings. The van der Waals surface area contributed by atoms with E-state index in [1.165, 1.54) is 17.8 Å². The Kier molecular flexibility index (Phi) is 4.34. The lowest BCUT2D eigenvalue weighted by atomic mass is 10.1. The highest BCUT2D eigenvalue weighted by Crippen LogP contribution is 2.25. The molecule has 0 radical (unpaired) electrons. The Morgan fingerprint density at radius 3 is 2.44 bits per heavy atom. The van der Waals surface area contributed by atoms with E-state index in [9.17, 15) is 14.9 Å². The molecule has 1 rings (SSSR count). The van der Waals surface area contributed by atoms with Crippen molar-refractivity contribution in [3.8, 4) is 0 Å². The molecule has 6 heteroatoms. The molecule has 0 fully saturated rings. The van der Waals surface area contributed by atoms with Crippen LogP contribution in [0.1, 0.15) is 31.1 Å². The number of nitro benzene ring substituents is 1. The van der Waals surface area contributed by atoms with Crippen molar-refractivity contribution in [2.24, 2.45) is 0 Å². The lowest BCUT2D eigenvalue weighted by Gasteiger charge is -2.20. The third-order valence-electron chi connectivity index (χ3n) is 2.13. The molecule has 0 aliphatic heterocycles. The van der Waals surface area contributed by atoms with Crippen LogP contribution in [0.15, 0.2) is 23.1 Å². The number of nitro groups is 1. The zero-order chi connectivity index (χ0) is 13.9. The van der Waals surface area contributed by atoms with Crippen molar-refractivity contribution in [2.45, 2.75) is 31.2 Å². The van der Waals surface area contributed by atoms with Crippen LogP contribution in [0.25, 0.3) is 0 Å². The fraction of sp³-hybridized carbons (Fsp3) is 0.417. The first-order valence-electron chi connectivity index (χ1n) is 5.39. The summed E-state index contributed by atoms with van der Waals surface area (Å²) in [5, 5.41) is 13.6. The summed E-state index contributed by atoms with van der Waals surface area (Å²) in [7, 11) is 0. The SMILES string of the molecule is CSc1ccc([N+](=O)[O-])c(C(=O)NC(C)(C)C)c1. The van der Waals surface area contributed by atoms with E-state index in [1.807, 2.05) is 27.0 Å². The first-order chi connectivity index (χ1) is 8.24. The number of hydrogen-bond acceptors (Lipinski definition) is 4. The van der Waals surface area contributed by atoms with Crippen molar-refractivity contribution >= 4 is 23.4 Å². The van der Waals surface area contributed by atoms with E-state index in [4.69, 9.17) is 0 Å². The molecule has 0 heterocycles. The molecule has 1 aromatic carbocycles. The number of hydrogen-bond donors (Lipinski definition) is 1. The molecule has 98 valence electrons. The minimum Gasteiger partial charge on any atom is -0.347 e. The number of carbonyl (C=O) groups is 1. The molecular formula is C12H16N2O3S. The zero-order valence-electron chi connectivity index (χ0n) is 10.8. The maximum Gasteiger partial charge on any atom is 0.282 e. The van der Waals surface area contributed by atoms with Crippen LogP contribution in [-0.4, -0.2) is 22.6 Å². The standard InChI is InChI=1S/C12H16N2O3S/c1-12(2,3)13-11(15)9-7-8(18-4)5-6-10(9)14(16)17/h5-7H,1-4H3,(H,13,15). The Bertz CT molecular complexity index is 481. The average Bonchev–Trinajstić information content (AvgIpc) is 2.25. The van der Waals surface area contributed by atoms with Crippen LogP contribution in [0.5, 0.6) is 0 Å². The van der Waals surface area contributed by atoms with Crippen molar-refractivity contribution < 1.29 is 9.72 Å². The van der Waals surface area contributed by atoms with Gasteiger partial charge in [0.1, 0.15) is 5.56 Å². The second-order valence-corrected chi connectivity index (χ2v) is 5.72. The lowest BCUT2D eigenvalue weighted by molar-refractivity contribution is -0.385. The smallest absolute Gasteiger partial charge is 0.282 e. The number of nitrogens with one attached hydrogen (secondary N) is 1. The largest absolute Gasteiger partial charge is 0.347 e. The topological polar surface area (TPSA) is 72.2 Å². The summed E-state index contributed by atoms with van der Waals surface area (Å²) in [6.45, 7) is 5.49. The monoisotopic (exact) mass is 268 g/mol. The predicted molar refractivity (Wildman–Crippen MR) is 72.1 cm³/mol. The van der Waals surface area contributed by atoms with Gasteiger partial charge in [-0.05, 0) is 39.2 Å². The Hall–Kier alpha value is -1.56. The van der Waals surface area contributed by atoms with Gasteiger partial charge in [0.05, 0.1) is 4.92 Å². The third kappa shape index (κ3) is 3.73. The molecule has 0 unspecified atom stereocenters. The van der Waals surface area contributed by atoms with Crippen LogP contribution < -0.4 is 5.32 Å². The van der Waals surface area contributed by atoms with E-state index in [2.05, 4.69) is 5.32 Å². The van der Waals surface area contributed by atoms with Crippen LogP contribution in [0.3, 0.4) is 0 Å². The molecular weight excluding hydrogens is 252 g/mol. The van der Waals surface area contributed by atoms with Crippen molar-refractivity contribution in [1.82, 2.24) is 5.32 Å². The molecule has 0 aromatic heterocycles. The number of rotatable bonds is 3. The molecule has 5 nitrogen and oxygen atoms in total. The fourth-order valence-electron chi connectivity index (χ4n) is 1.39. The maximum absolute atomic E-state index is 12.0. The minimum absolute atomic E-state index is 0.0989. The molecule has 0 spiro atoms. The molecule has 0 saturated heterocycles. The van der Waals surface area contributed by atoms with E-state index >= 15 is 0 Å². The zero-order valence-corrected chi connectivity index (χ0v) is 11.6. The van der Waals surface area contributed by atoms with E-state index < -0.39 is 16.4 Å². The summed E-state index contributed by atoms with van der Waals surface area (Å²) < 4.78 is 0. The van der Waals surface area contributed by atoms with Crippen molar-refractivity contribution in [2.75, 3.05) is 6.26 Å². The van der Waals surface area contributed by atoms with E-state index in [-0.39, 0.29) is 11.3 Å². The summed E-state index contributed by atoms with van der Waals surface area (Å²) in [6, 6.07) is 4.55. The van der Waals surface area contributed by atoms with Gasteiger partial charge in [-0.2, -0.15) is 0 Å². The molecule has 0 atom stereocenters. The van der Waals surface area contributed by atoms with Gasteiger partial charge < -0.3 is 5.32 Å². The number of nitrogens with zero attached hydrogens (tertiary/aromatic N) is 1. The Labute approximate surface area is 110 Å². The summed E-state index contributed by atoms with van der Waals surface area (Å²) in [5.41, 5.74) is -0.503. The molecule has 0 saturated carbocycles. The van der Waals surface area contributed by atoms with Crippen LogP contribution in [0, 0.1) is 10.1 Å². The van der Waals surface area contributed by atoms with E-state index in [0.717, 1.165) is 4.90 Å². The van der Waals surface area contributed by atoms with E-state index in [1.54, 1.807) is 12.1 Å². The first-order valence-corrected chi connectivity index (χ1v) is 6.62. The van der Waals surface area contributed by atoms with Gasteiger partial charge in [-0.25, -0.2) is 0 Å². The lowest BCUT2D eigenvalue weighted by Crippen LogP contribution is -2.40. The van der Waals surface area contributed by atoms with Gasteiger partial charge in [-0.15, -0.1) is 11.8 Å². The van der Waals surface area contributed by atoms with Crippen molar-refractivity contribution in [3.63, 3.8) is 0 Å². The van der Waals surface area contributed by atoms with Crippen molar-refractivity contribution in [3.05, 3.63) is 33.9 Å². The predicted octanol–water partition coefficient (Wildman–Crippen LogP) is 2.85. The van der Waals surface area contributed by atoms with Gasteiger partial charge in [0, 0.05) is 16.5 Å². The molecule has 0 bridgehead atoms. The number of benzene rings is 1. The highest BCUT2D eigenvalue weighted by Gasteiger charge is 2.23. The summed E-state index contributed by atoms with van der Waals surface area (Å²) in [5.74, 6) is -0.426. The molecule has 0 aliphatic carbocycles. The Morgan fingerprint density at radius 2 is 2.00 bits per heavy atom. The van der Waals surface area contributed by atoms with Gasteiger partial charge in [-0.1, -0.05) is 0 Å². The van der Waals surface area contributed by atoms with Gasteiger partial charge in [0.25, 0.3) is 11.6 Å². The highest BCUT2D eigenvalue weighted by molar-refractivity contribution is 7.98. The molecule has 18 heavy (non-hydrogen) atoms. The number of carbonyl (C=O) groups excluding carboxylic acids is 1. The third-order valence-corrected chi connectivity index (χ3v) is 2.86. The Morgan fingerprint density at radius 1 is 1.39 bits per heavy atom. The fourth-order valence-corrected chi connectivity index (χ4v) is 1.83. The highest BCUT2D eigenvalue weighted by atomic mass is 32.2. The second kappa shape index (κ2) is 5.39. The van der Waals surface area contributed by atoms with Gasteiger partial charge in [-0.3, -0.25) is 14.9 Å². The van der Waals surface area contributed by atoms with Crippen LogP contribution in [-0.2, 0) is 0 Å². The van der Waals surface area contributed by atoms with Crippen molar-refractivity contribution in [1.29, 1.82) is 0 Å². The van der Waals surface area contributed by atoms with Crippen LogP contribution in [0.4, 0.5) is 5.69 Å². The summed E-state index contributed by atoms with van der Waals surface area (Å²) in [6.07, 6.45) is 1.85. The molecule has 1 N–H and O–H groups in total. The van der Waals surface area contributed by atoms with Crippen LogP contribution >= 0.6 is 11.8 Å². The Balaban J connectivity index is 3.19. The van der Waals surface area contributed by atoms with Gasteiger partial charge in [0.2, 0.25) is 0 Å². The first kappa shape index (κ1) is 14.5. The number of thioether (sulfide) groups is 1. The van der Waals surface area contributed by atoms with Gasteiger partial charge >= 0.3 is 0 Å². The minimum atomic E-state index is -0.540. The average molecular weight is 268 g/mol. The summed E-state index contributed by atoms with van der Waals surface area (Å²) >= 11 is 1.44. The van der Waals surface area contributed by atoms with Gasteiger partial charge in [0.15, 0.2) is 0 Å². The molecule has 1 amide bonds. The van der Waals surface area contributed by atoms with Crippen LogP contribution in [0.2, 0.25) is 0 Å². The normalized spacial score (nSPS) is 11.1. The quantitative estimate of drug-likeness (QED) is 0.520. The molecule has 0 aliphatic rings. The second-order valence-electron chi connectivity index (χ2n) is 4.84. The van der Waals surface area contributed by atoms with E-state index in [0.29, 0.717) is 0 Å². The maximum atomic E-state index is 12.0.